The number of carbonyl (C=O) groups excluding carboxylic acids is 1. The molecule has 0 radical (unpaired) electrons. The van der Waals surface area contributed by atoms with Crippen LogP contribution in [-0.4, -0.2) is 30.3 Å². The fourth-order valence-corrected chi connectivity index (χ4v) is 0.439. The molecule has 0 rings (SSSR count). The van der Waals surface area contributed by atoms with Crippen LogP contribution in [0.5, 0.6) is 0 Å². The average Bonchev–Trinajstić information content (AvgIpc) is 2.11. The first-order valence-corrected chi connectivity index (χ1v) is 3.41. The molecule has 7 heteroatoms. The quantitative estimate of drug-likeness (QED) is 0.228. The van der Waals surface area contributed by atoms with Crippen LogP contribution in [0.1, 0.15) is 0 Å². The van der Waals surface area contributed by atoms with Gasteiger partial charge in [-0.05, 0) is 4.92 Å². The third kappa shape index (κ3) is 5.36. The second kappa shape index (κ2) is 5.70. The largest absolute Gasteiger partial charge is 0.382 e. The van der Waals surface area contributed by atoms with Crippen LogP contribution in [0, 0.1) is 15.5 Å². The molecule has 0 saturated carbocycles. The third-order valence-corrected chi connectivity index (χ3v) is 1.10. The van der Waals surface area contributed by atoms with Gasteiger partial charge < -0.3 is 20.7 Å². The van der Waals surface area contributed by atoms with Crippen molar-refractivity contribution >= 4 is 11.7 Å². The molecule has 0 saturated heterocycles. The zero-order chi connectivity index (χ0) is 10.3. The van der Waals surface area contributed by atoms with Crippen molar-refractivity contribution in [2.24, 2.45) is 0 Å². The van der Waals surface area contributed by atoms with E-state index in [0.717, 1.165) is 6.08 Å². The lowest BCUT2D eigenvalue weighted by Gasteiger charge is -1.97. The summed E-state index contributed by atoms with van der Waals surface area (Å²) in [6, 6.07) is 0. The molecule has 0 aliphatic rings. The minimum Gasteiger partial charge on any atom is -0.382 e. The molecule has 0 spiro atoms. The summed E-state index contributed by atoms with van der Waals surface area (Å²) in [5, 5.41) is 21.5. The van der Waals surface area contributed by atoms with Crippen molar-refractivity contribution in [3.05, 3.63) is 22.4 Å². The number of hydrogen-bond acceptors (Lipinski definition) is 5. The number of hydrogen-bond donors (Lipinski definition) is 3. The van der Waals surface area contributed by atoms with Crippen LogP contribution in [0.3, 0.4) is 0 Å². The first kappa shape index (κ1) is 11.1. The van der Waals surface area contributed by atoms with Gasteiger partial charge in [-0.25, -0.2) is 0 Å². The number of nitrogens with zero attached hydrogens (tertiary/aromatic N) is 1. The summed E-state index contributed by atoms with van der Waals surface area (Å²) in [4.78, 5) is 19.7. The molecule has 0 heterocycles. The highest BCUT2D eigenvalue weighted by atomic mass is 16.6. The standard InChI is InChI=1S/C6H10N4O3/c1-8-6(11)4-9-3-2-5(7)10(12)13/h2-3,7,9H,4H2,1H3,(H,8,11)/b3-2-,7-5?. The molecule has 72 valence electrons. The molecule has 13 heavy (non-hydrogen) atoms. The van der Waals surface area contributed by atoms with Crippen molar-refractivity contribution in [1.82, 2.24) is 10.6 Å². The number of nitro groups is 1. The van der Waals surface area contributed by atoms with Crippen LogP contribution in [-0.2, 0) is 4.79 Å². The maximum atomic E-state index is 10.6. The highest BCUT2D eigenvalue weighted by Crippen LogP contribution is 1.76. The lowest BCUT2D eigenvalue weighted by Crippen LogP contribution is -2.28. The van der Waals surface area contributed by atoms with Crippen molar-refractivity contribution in [2.45, 2.75) is 0 Å². The highest BCUT2D eigenvalue weighted by Gasteiger charge is 1.99. The minimum atomic E-state index is -0.835. The summed E-state index contributed by atoms with van der Waals surface area (Å²) in [6.45, 7) is 0.0258. The highest BCUT2D eigenvalue weighted by molar-refractivity contribution is 5.82. The molecule has 0 aromatic carbocycles. The Labute approximate surface area is 74.5 Å². The first-order chi connectivity index (χ1) is 6.07. The SMILES string of the molecule is CNC(=O)CN/C=C\C(=N)[N+](=O)[O-]. The van der Waals surface area contributed by atoms with Crippen molar-refractivity contribution in [3.8, 4) is 0 Å². The summed E-state index contributed by atoms with van der Waals surface area (Å²) in [5.41, 5.74) is 0. The molecule has 7 nitrogen and oxygen atoms in total. The van der Waals surface area contributed by atoms with Crippen molar-refractivity contribution < 1.29 is 9.72 Å². The van der Waals surface area contributed by atoms with Crippen LogP contribution in [0.2, 0.25) is 0 Å². The van der Waals surface area contributed by atoms with E-state index >= 15 is 0 Å². The summed E-state index contributed by atoms with van der Waals surface area (Å²) in [6.07, 6.45) is 2.14. The molecule has 0 unspecified atom stereocenters. The van der Waals surface area contributed by atoms with Gasteiger partial charge in [-0.2, -0.15) is 0 Å². The maximum Gasteiger partial charge on any atom is 0.357 e. The van der Waals surface area contributed by atoms with E-state index in [2.05, 4.69) is 10.6 Å². The van der Waals surface area contributed by atoms with E-state index in [-0.39, 0.29) is 12.5 Å². The molecule has 0 aromatic rings. The molecule has 0 bridgehead atoms. The van der Waals surface area contributed by atoms with Crippen LogP contribution in [0.25, 0.3) is 0 Å². The predicted molar refractivity (Wildman–Crippen MR) is 45.9 cm³/mol. The molecule has 0 aliphatic heterocycles. The zero-order valence-corrected chi connectivity index (χ0v) is 7.03. The van der Waals surface area contributed by atoms with Gasteiger partial charge in [0.15, 0.2) is 0 Å². The fraction of sp³-hybridized carbons (Fsp3) is 0.333. The van der Waals surface area contributed by atoms with Gasteiger partial charge in [0.2, 0.25) is 5.91 Å². The predicted octanol–water partition coefficient (Wildman–Crippen LogP) is -0.910. The molecule has 0 aliphatic carbocycles. The Balaban J connectivity index is 3.70. The van der Waals surface area contributed by atoms with Crippen LogP contribution in [0.4, 0.5) is 0 Å². The monoisotopic (exact) mass is 186 g/mol. The number of nitrogens with one attached hydrogen (secondary N) is 3. The molecule has 0 fully saturated rings. The summed E-state index contributed by atoms with van der Waals surface area (Å²) in [5.74, 6) is -0.971. The van der Waals surface area contributed by atoms with Crippen molar-refractivity contribution in [2.75, 3.05) is 13.6 Å². The van der Waals surface area contributed by atoms with E-state index in [1.165, 1.54) is 13.2 Å². The maximum absolute atomic E-state index is 10.6. The first-order valence-electron chi connectivity index (χ1n) is 3.41. The molecular weight excluding hydrogens is 176 g/mol. The van der Waals surface area contributed by atoms with Gasteiger partial charge in [0, 0.05) is 13.2 Å². The summed E-state index contributed by atoms with van der Waals surface area (Å²) < 4.78 is 0. The van der Waals surface area contributed by atoms with E-state index < -0.39 is 10.8 Å². The van der Waals surface area contributed by atoms with Crippen molar-refractivity contribution in [1.29, 1.82) is 5.41 Å². The number of amides is 1. The Morgan fingerprint density at radius 3 is 2.77 bits per heavy atom. The number of likely N-dealkylation sites (N-methyl/N-ethyl adjacent to an activating group) is 1. The Bertz CT molecular complexity index is 248. The van der Waals surface area contributed by atoms with Gasteiger partial charge >= 0.3 is 5.84 Å². The van der Waals surface area contributed by atoms with E-state index in [1.54, 1.807) is 0 Å². The van der Waals surface area contributed by atoms with Crippen LogP contribution >= 0.6 is 0 Å². The fourth-order valence-electron chi connectivity index (χ4n) is 0.439. The third-order valence-electron chi connectivity index (χ3n) is 1.10. The second-order valence-electron chi connectivity index (χ2n) is 2.03. The van der Waals surface area contributed by atoms with Gasteiger partial charge in [0.05, 0.1) is 12.6 Å². The lowest BCUT2D eigenvalue weighted by atomic mass is 10.5. The average molecular weight is 186 g/mol. The molecular formula is C6H10N4O3. The number of rotatable bonds is 4. The van der Waals surface area contributed by atoms with E-state index in [1.807, 2.05) is 0 Å². The van der Waals surface area contributed by atoms with Gasteiger partial charge in [0.25, 0.3) is 0 Å². The summed E-state index contributed by atoms with van der Waals surface area (Å²) >= 11 is 0. The van der Waals surface area contributed by atoms with Gasteiger partial charge in [0.1, 0.15) is 0 Å². The Hall–Kier alpha value is -1.92. The minimum absolute atomic E-state index is 0.0258. The number of amidine groups is 1. The van der Waals surface area contributed by atoms with Gasteiger partial charge in [-0.15, -0.1) is 0 Å². The zero-order valence-electron chi connectivity index (χ0n) is 7.03. The molecule has 0 atom stereocenters. The summed E-state index contributed by atoms with van der Waals surface area (Å²) in [7, 11) is 1.48. The van der Waals surface area contributed by atoms with Crippen molar-refractivity contribution in [3.63, 3.8) is 0 Å². The smallest absolute Gasteiger partial charge is 0.357 e. The van der Waals surface area contributed by atoms with Gasteiger partial charge in [-0.3, -0.25) is 4.79 Å². The Kier molecular flexibility index (Phi) is 4.85. The van der Waals surface area contributed by atoms with E-state index in [0.29, 0.717) is 0 Å². The number of carbonyl (C=O) groups is 1. The van der Waals surface area contributed by atoms with E-state index in [9.17, 15) is 14.9 Å². The topological polar surface area (TPSA) is 108 Å². The molecule has 1 amide bonds. The van der Waals surface area contributed by atoms with Crippen LogP contribution in [0.15, 0.2) is 12.3 Å². The Morgan fingerprint density at radius 1 is 1.69 bits per heavy atom. The van der Waals surface area contributed by atoms with Crippen LogP contribution < -0.4 is 10.6 Å². The Morgan fingerprint density at radius 2 is 2.31 bits per heavy atom. The second-order valence-corrected chi connectivity index (χ2v) is 2.03. The normalized spacial score (nSPS) is 9.62. The molecule has 3 N–H and O–H groups in total. The molecule has 0 aromatic heterocycles. The van der Waals surface area contributed by atoms with Gasteiger partial charge in [-0.1, -0.05) is 5.41 Å². The lowest BCUT2D eigenvalue weighted by molar-refractivity contribution is -0.349. The van der Waals surface area contributed by atoms with E-state index in [4.69, 9.17) is 5.41 Å².